The third kappa shape index (κ3) is 2.74. The number of allylic oxidation sites excluding steroid dienone is 1. The number of rotatable bonds is 3. The molecular formula is C17H10F2O2. The molecule has 4 heteroatoms. The van der Waals surface area contributed by atoms with E-state index in [0.29, 0.717) is 5.58 Å². The summed E-state index contributed by atoms with van der Waals surface area (Å²) in [7, 11) is 0. The third-order valence-electron chi connectivity index (χ3n) is 3.05. The van der Waals surface area contributed by atoms with Gasteiger partial charge in [-0.2, -0.15) is 0 Å². The van der Waals surface area contributed by atoms with Gasteiger partial charge in [-0.05, 0) is 36.4 Å². The molecule has 3 aromatic rings. The van der Waals surface area contributed by atoms with Crippen molar-refractivity contribution < 1.29 is 18.0 Å². The van der Waals surface area contributed by atoms with E-state index in [0.717, 1.165) is 17.5 Å². The number of benzene rings is 2. The summed E-state index contributed by atoms with van der Waals surface area (Å²) in [5, 5.41) is 0.821. The third-order valence-corrected chi connectivity index (χ3v) is 3.05. The average molecular weight is 284 g/mol. The van der Waals surface area contributed by atoms with E-state index >= 15 is 0 Å². The van der Waals surface area contributed by atoms with E-state index in [4.69, 9.17) is 4.42 Å². The van der Waals surface area contributed by atoms with Gasteiger partial charge in [0.05, 0.1) is 0 Å². The molecule has 0 saturated carbocycles. The molecule has 0 N–H and O–H groups in total. The van der Waals surface area contributed by atoms with Gasteiger partial charge < -0.3 is 4.42 Å². The zero-order valence-corrected chi connectivity index (χ0v) is 10.8. The first kappa shape index (κ1) is 13.2. The van der Waals surface area contributed by atoms with Crippen molar-refractivity contribution in [3.63, 3.8) is 0 Å². The maximum atomic E-state index is 13.4. The molecule has 0 saturated heterocycles. The highest BCUT2D eigenvalue weighted by Gasteiger charge is 2.09. The molecule has 104 valence electrons. The quantitative estimate of drug-likeness (QED) is 0.519. The summed E-state index contributed by atoms with van der Waals surface area (Å²) in [6.45, 7) is 0. The molecule has 0 spiro atoms. The van der Waals surface area contributed by atoms with Crippen molar-refractivity contribution in [2.45, 2.75) is 0 Å². The van der Waals surface area contributed by atoms with Gasteiger partial charge in [0.1, 0.15) is 17.2 Å². The van der Waals surface area contributed by atoms with Gasteiger partial charge >= 0.3 is 0 Å². The van der Waals surface area contributed by atoms with E-state index in [9.17, 15) is 13.6 Å². The van der Waals surface area contributed by atoms with Crippen molar-refractivity contribution in [2.75, 3.05) is 0 Å². The van der Waals surface area contributed by atoms with E-state index in [1.54, 1.807) is 12.1 Å². The van der Waals surface area contributed by atoms with Crippen LogP contribution in [0.4, 0.5) is 8.78 Å². The van der Waals surface area contributed by atoms with Crippen molar-refractivity contribution >= 4 is 22.8 Å². The largest absolute Gasteiger partial charge is 0.453 e. The Morgan fingerprint density at radius 2 is 1.86 bits per heavy atom. The minimum absolute atomic E-state index is 0.140. The molecule has 0 amide bonds. The molecule has 0 fully saturated rings. The summed E-state index contributed by atoms with van der Waals surface area (Å²) in [5.74, 6) is -1.58. The zero-order chi connectivity index (χ0) is 14.8. The van der Waals surface area contributed by atoms with Gasteiger partial charge in [-0.15, -0.1) is 0 Å². The van der Waals surface area contributed by atoms with Gasteiger partial charge in [0.2, 0.25) is 5.78 Å². The van der Waals surface area contributed by atoms with Gasteiger partial charge in [0.25, 0.3) is 0 Å². The molecule has 0 unspecified atom stereocenters. The molecule has 2 nitrogen and oxygen atoms in total. The highest BCUT2D eigenvalue weighted by atomic mass is 19.1. The number of carbonyl (C=O) groups excluding carboxylic acids is 1. The van der Waals surface area contributed by atoms with Crippen molar-refractivity contribution in [3.05, 3.63) is 77.6 Å². The Morgan fingerprint density at radius 3 is 2.62 bits per heavy atom. The number of para-hydroxylation sites is 1. The summed E-state index contributed by atoms with van der Waals surface area (Å²) in [6.07, 6.45) is 2.50. The Kier molecular flexibility index (Phi) is 3.36. The van der Waals surface area contributed by atoms with Crippen LogP contribution in [0.2, 0.25) is 0 Å². The number of ketones is 1. The lowest BCUT2D eigenvalue weighted by atomic mass is 10.1. The SMILES string of the molecule is O=C(/C=C/c1ccc(F)cc1F)c1cc2ccccc2o1. The molecule has 3 rings (SSSR count). The second kappa shape index (κ2) is 5.32. The molecule has 1 aromatic heterocycles. The minimum Gasteiger partial charge on any atom is -0.453 e. The second-order valence-electron chi connectivity index (χ2n) is 4.51. The number of furan rings is 1. The van der Waals surface area contributed by atoms with E-state index in [1.807, 2.05) is 18.2 Å². The Hall–Kier alpha value is -2.75. The molecule has 0 radical (unpaired) electrons. The predicted molar refractivity (Wildman–Crippen MR) is 75.9 cm³/mol. The summed E-state index contributed by atoms with van der Waals surface area (Å²) >= 11 is 0. The van der Waals surface area contributed by atoms with Crippen LogP contribution in [-0.4, -0.2) is 5.78 Å². The molecule has 0 bridgehead atoms. The molecule has 21 heavy (non-hydrogen) atoms. The zero-order valence-electron chi connectivity index (χ0n) is 10.8. The van der Waals surface area contributed by atoms with Crippen LogP contribution in [0.25, 0.3) is 17.0 Å². The fourth-order valence-corrected chi connectivity index (χ4v) is 1.99. The number of hydrogen-bond donors (Lipinski definition) is 0. The number of carbonyl (C=O) groups is 1. The first-order valence-electron chi connectivity index (χ1n) is 6.29. The Morgan fingerprint density at radius 1 is 1.05 bits per heavy atom. The fraction of sp³-hybridized carbons (Fsp3) is 0. The monoisotopic (exact) mass is 284 g/mol. The summed E-state index contributed by atoms with van der Waals surface area (Å²) in [6, 6.07) is 12.0. The topological polar surface area (TPSA) is 30.2 Å². The summed E-state index contributed by atoms with van der Waals surface area (Å²) < 4.78 is 31.6. The predicted octanol–water partition coefficient (Wildman–Crippen LogP) is 4.61. The van der Waals surface area contributed by atoms with Crippen LogP contribution < -0.4 is 0 Å². The van der Waals surface area contributed by atoms with Crippen molar-refractivity contribution in [3.8, 4) is 0 Å². The van der Waals surface area contributed by atoms with Gasteiger partial charge in [-0.25, -0.2) is 8.78 Å². The maximum Gasteiger partial charge on any atom is 0.221 e. The lowest BCUT2D eigenvalue weighted by molar-refractivity contribution is 0.102. The normalized spacial score (nSPS) is 11.3. The van der Waals surface area contributed by atoms with Crippen molar-refractivity contribution in [2.24, 2.45) is 0 Å². The number of fused-ring (bicyclic) bond motifs is 1. The Balaban J connectivity index is 1.86. The maximum absolute atomic E-state index is 13.4. The Labute approximate surface area is 119 Å². The summed E-state index contributed by atoms with van der Waals surface area (Å²) in [4.78, 5) is 12.0. The number of halogens is 2. The van der Waals surface area contributed by atoms with Gasteiger partial charge in [0.15, 0.2) is 5.76 Å². The van der Waals surface area contributed by atoms with Crippen LogP contribution in [0.15, 0.2) is 59.0 Å². The highest BCUT2D eigenvalue weighted by Crippen LogP contribution is 2.20. The molecule has 0 aliphatic carbocycles. The first-order chi connectivity index (χ1) is 10.1. The molecule has 0 aliphatic heterocycles. The van der Waals surface area contributed by atoms with Gasteiger partial charge in [0, 0.05) is 17.0 Å². The molecule has 1 heterocycles. The van der Waals surface area contributed by atoms with E-state index in [2.05, 4.69) is 0 Å². The molecule has 2 aromatic carbocycles. The van der Waals surface area contributed by atoms with Crippen molar-refractivity contribution in [1.82, 2.24) is 0 Å². The van der Waals surface area contributed by atoms with E-state index in [-0.39, 0.29) is 17.1 Å². The lowest BCUT2D eigenvalue weighted by Gasteiger charge is -1.96. The van der Waals surface area contributed by atoms with Crippen LogP contribution in [0, 0.1) is 11.6 Å². The van der Waals surface area contributed by atoms with Crippen LogP contribution in [0.5, 0.6) is 0 Å². The first-order valence-corrected chi connectivity index (χ1v) is 6.29. The molecular weight excluding hydrogens is 274 g/mol. The van der Waals surface area contributed by atoms with Crippen LogP contribution in [0.1, 0.15) is 16.1 Å². The minimum atomic E-state index is -0.719. The highest BCUT2D eigenvalue weighted by molar-refractivity contribution is 6.06. The fourth-order valence-electron chi connectivity index (χ4n) is 1.99. The van der Waals surface area contributed by atoms with Crippen molar-refractivity contribution in [1.29, 1.82) is 0 Å². The Bertz CT molecular complexity index is 814. The van der Waals surface area contributed by atoms with Crippen LogP contribution in [0.3, 0.4) is 0 Å². The van der Waals surface area contributed by atoms with Gasteiger partial charge in [-0.3, -0.25) is 4.79 Å². The second-order valence-corrected chi connectivity index (χ2v) is 4.51. The van der Waals surface area contributed by atoms with Gasteiger partial charge in [-0.1, -0.05) is 18.2 Å². The molecule has 0 atom stereocenters. The number of hydrogen-bond acceptors (Lipinski definition) is 2. The smallest absolute Gasteiger partial charge is 0.221 e. The summed E-state index contributed by atoms with van der Waals surface area (Å²) in [5.41, 5.74) is 0.753. The standard InChI is InChI=1S/C17H10F2O2/c18-13-7-5-11(14(19)10-13)6-8-15(20)17-9-12-3-1-2-4-16(12)21-17/h1-10H/b8-6+. The van der Waals surface area contributed by atoms with E-state index < -0.39 is 11.6 Å². The van der Waals surface area contributed by atoms with Crippen LogP contribution in [-0.2, 0) is 0 Å². The lowest BCUT2D eigenvalue weighted by Crippen LogP contribution is -1.91. The van der Waals surface area contributed by atoms with Crippen LogP contribution >= 0.6 is 0 Å². The average Bonchev–Trinajstić information content (AvgIpc) is 2.90. The van der Waals surface area contributed by atoms with E-state index in [1.165, 1.54) is 18.2 Å². The molecule has 0 aliphatic rings.